The highest BCUT2D eigenvalue weighted by Gasteiger charge is 2.34. The highest BCUT2D eigenvalue weighted by molar-refractivity contribution is 6.27. The number of hydrogen-bond acceptors (Lipinski definition) is 1. The average Bonchev–Trinajstić information content (AvgIpc) is 3.63. The maximum atomic E-state index is 2.45. The first-order chi connectivity index (χ1) is 28.3. The lowest BCUT2D eigenvalue weighted by Crippen LogP contribution is -2.11. The van der Waals surface area contributed by atoms with Gasteiger partial charge in [0.05, 0.1) is 11.4 Å². The standard InChI is InChI=1S/C56H37N/c1-6-21-39(22-7-1)50-51(40-23-8-2-9-24-40)53(42-27-12-4-13-28-42)56-47-36-37-49(45-33-19-34-46(54(45)47)55(56)52(50)41-25-10-3-11-26-41)57(43-30-14-5-15-31-43)48-35-18-29-38-20-16-17-32-44(38)48/h1-37H. The quantitative estimate of drug-likeness (QED) is 0.158. The zero-order valence-corrected chi connectivity index (χ0v) is 31.3. The number of fused-ring (bicyclic) bond motifs is 4. The number of benzene rings is 10. The minimum Gasteiger partial charge on any atom is -0.309 e. The minimum absolute atomic E-state index is 1.12. The topological polar surface area (TPSA) is 3.24 Å². The van der Waals surface area contributed by atoms with Crippen molar-refractivity contribution >= 4 is 38.6 Å². The van der Waals surface area contributed by atoms with E-state index in [1.165, 1.54) is 88.3 Å². The van der Waals surface area contributed by atoms with Crippen LogP contribution in [0.3, 0.4) is 0 Å². The second kappa shape index (κ2) is 13.7. The van der Waals surface area contributed by atoms with Gasteiger partial charge in [-0.25, -0.2) is 0 Å². The maximum Gasteiger partial charge on any atom is 0.0540 e. The molecule has 0 aromatic heterocycles. The van der Waals surface area contributed by atoms with E-state index in [2.05, 4.69) is 229 Å². The smallest absolute Gasteiger partial charge is 0.0540 e. The molecule has 0 saturated heterocycles. The van der Waals surface area contributed by atoms with Gasteiger partial charge in [-0.3, -0.25) is 0 Å². The Morgan fingerprint density at radius 2 is 0.632 bits per heavy atom. The van der Waals surface area contributed by atoms with Crippen LogP contribution in [0.4, 0.5) is 17.1 Å². The van der Waals surface area contributed by atoms with E-state index in [1.54, 1.807) is 0 Å². The molecule has 1 heteroatoms. The first kappa shape index (κ1) is 32.9. The van der Waals surface area contributed by atoms with Crippen LogP contribution in [0.2, 0.25) is 0 Å². The van der Waals surface area contributed by atoms with E-state index in [0.29, 0.717) is 0 Å². The summed E-state index contributed by atoms with van der Waals surface area (Å²) >= 11 is 0. The summed E-state index contributed by atoms with van der Waals surface area (Å²) in [7, 11) is 0. The molecular weight excluding hydrogens is 687 g/mol. The molecule has 0 radical (unpaired) electrons. The Morgan fingerprint density at radius 3 is 1.18 bits per heavy atom. The zero-order valence-electron chi connectivity index (χ0n) is 31.3. The third kappa shape index (κ3) is 5.32. The van der Waals surface area contributed by atoms with Gasteiger partial charge < -0.3 is 4.90 Å². The Hall–Kier alpha value is -7.48. The van der Waals surface area contributed by atoms with Gasteiger partial charge in [-0.05, 0) is 102 Å². The van der Waals surface area contributed by atoms with Crippen molar-refractivity contribution < 1.29 is 0 Å². The Labute approximate surface area is 333 Å². The van der Waals surface area contributed by atoms with Crippen molar-refractivity contribution in [3.63, 3.8) is 0 Å². The highest BCUT2D eigenvalue weighted by Crippen LogP contribution is 2.61. The van der Waals surface area contributed by atoms with Crippen LogP contribution in [0.25, 0.3) is 88.3 Å². The molecule has 266 valence electrons. The summed E-state index contributed by atoms with van der Waals surface area (Å²) in [6.07, 6.45) is 0. The third-order valence-electron chi connectivity index (χ3n) is 11.6. The van der Waals surface area contributed by atoms with Crippen LogP contribution in [-0.2, 0) is 0 Å². The van der Waals surface area contributed by atoms with Crippen molar-refractivity contribution in [3.8, 4) is 66.8 Å². The Balaban J connectivity index is 1.31. The molecule has 11 rings (SSSR count). The molecule has 0 bridgehead atoms. The van der Waals surface area contributed by atoms with Gasteiger partial charge >= 0.3 is 0 Å². The highest BCUT2D eigenvalue weighted by atomic mass is 15.1. The van der Waals surface area contributed by atoms with Crippen LogP contribution in [0.5, 0.6) is 0 Å². The first-order valence-corrected chi connectivity index (χ1v) is 19.7. The van der Waals surface area contributed by atoms with E-state index in [-0.39, 0.29) is 0 Å². The van der Waals surface area contributed by atoms with Crippen LogP contribution in [-0.4, -0.2) is 0 Å². The van der Waals surface area contributed by atoms with Crippen molar-refractivity contribution in [2.45, 2.75) is 0 Å². The van der Waals surface area contributed by atoms with Crippen molar-refractivity contribution in [2.24, 2.45) is 0 Å². The summed E-state index contributed by atoms with van der Waals surface area (Å²) in [4.78, 5) is 2.45. The first-order valence-electron chi connectivity index (χ1n) is 19.7. The van der Waals surface area contributed by atoms with Crippen LogP contribution in [0, 0.1) is 0 Å². The molecule has 1 aliphatic rings. The lowest BCUT2D eigenvalue weighted by atomic mass is 9.76. The van der Waals surface area contributed by atoms with E-state index in [9.17, 15) is 0 Å². The van der Waals surface area contributed by atoms with Gasteiger partial charge in [0.15, 0.2) is 0 Å². The summed E-state index contributed by atoms with van der Waals surface area (Å²) in [5.41, 5.74) is 18.3. The molecule has 0 heterocycles. The summed E-state index contributed by atoms with van der Waals surface area (Å²) in [6, 6.07) is 81.9. The van der Waals surface area contributed by atoms with Gasteiger partial charge in [-0.15, -0.1) is 0 Å². The summed E-state index contributed by atoms with van der Waals surface area (Å²) in [5.74, 6) is 0. The van der Waals surface area contributed by atoms with E-state index >= 15 is 0 Å². The molecule has 0 aliphatic heterocycles. The van der Waals surface area contributed by atoms with E-state index in [4.69, 9.17) is 0 Å². The number of hydrogen-bond donors (Lipinski definition) is 0. The number of rotatable bonds is 7. The molecular formula is C56H37N. The number of anilines is 3. The minimum atomic E-state index is 1.12. The van der Waals surface area contributed by atoms with Crippen molar-refractivity contribution in [3.05, 3.63) is 224 Å². The Bertz CT molecular complexity index is 2960. The van der Waals surface area contributed by atoms with Crippen LogP contribution < -0.4 is 4.90 Å². The molecule has 0 fully saturated rings. The second-order valence-electron chi connectivity index (χ2n) is 14.7. The fourth-order valence-corrected chi connectivity index (χ4v) is 9.25. The lowest BCUT2D eigenvalue weighted by molar-refractivity contribution is 1.31. The fourth-order valence-electron chi connectivity index (χ4n) is 9.25. The van der Waals surface area contributed by atoms with Gasteiger partial charge in [0.1, 0.15) is 0 Å². The molecule has 57 heavy (non-hydrogen) atoms. The van der Waals surface area contributed by atoms with Crippen molar-refractivity contribution in [2.75, 3.05) is 4.90 Å². The number of nitrogens with zero attached hydrogens (tertiary/aromatic N) is 1. The molecule has 0 amide bonds. The van der Waals surface area contributed by atoms with Gasteiger partial charge in [-0.1, -0.05) is 200 Å². The summed E-state index contributed by atoms with van der Waals surface area (Å²) in [5, 5.41) is 4.94. The molecule has 1 nitrogen and oxygen atoms in total. The van der Waals surface area contributed by atoms with Crippen molar-refractivity contribution in [1.82, 2.24) is 0 Å². The molecule has 1 aliphatic carbocycles. The molecule has 10 aromatic carbocycles. The monoisotopic (exact) mass is 723 g/mol. The van der Waals surface area contributed by atoms with Gasteiger partial charge in [0, 0.05) is 16.5 Å². The zero-order chi connectivity index (χ0) is 37.7. The van der Waals surface area contributed by atoms with Crippen LogP contribution in [0.1, 0.15) is 0 Å². The van der Waals surface area contributed by atoms with E-state index in [0.717, 1.165) is 17.1 Å². The SMILES string of the molecule is c1ccc(-c2c(-c3ccccc3)c(-c3ccccc3)c3c(c2-c2ccccc2)-c2cccc4c(N(c5ccccc5)c5cccc6ccccc56)ccc-3c24)cc1. The third-order valence-corrected chi connectivity index (χ3v) is 11.6. The number of para-hydroxylation sites is 1. The fraction of sp³-hybridized carbons (Fsp3) is 0. The summed E-state index contributed by atoms with van der Waals surface area (Å²) < 4.78 is 0. The summed E-state index contributed by atoms with van der Waals surface area (Å²) in [6.45, 7) is 0. The van der Waals surface area contributed by atoms with E-state index < -0.39 is 0 Å². The molecule has 0 unspecified atom stereocenters. The van der Waals surface area contributed by atoms with Gasteiger partial charge in [0.2, 0.25) is 0 Å². The molecule has 0 saturated carbocycles. The largest absolute Gasteiger partial charge is 0.309 e. The Morgan fingerprint density at radius 1 is 0.246 bits per heavy atom. The van der Waals surface area contributed by atoms with Crippen LogP contribution >= 0.6 is 0 Å². The normalized spacial score (nSPS) is 11.5. The lowest BCUT2D eigenvalue weighted by Gasteiger charge is -2.28. The van der Waals surface area contributed by atoms with Crippen molar-refractivity contribution in [1.29, 1.82) is 0 Å². The predicted molar refractivity (Wildman–Crippen MR) is 242 cm³/mol. The molecule has 0 spiro atoms. The second-order valence-corrected chi connectivity index (χ2v) is 14.7. The molecule has 10 aromatic rings. The van der Waals surface area contributed by atoms with Crippen LogP contribution in [0.15, 0.2) is 224 Å². The molecule has 0 atom stereocenters. The van der Waals surface area contributed by atoms with Gasteiger partial charge in [-0.2, -0.15) is 0 Å². The predicted octanol–water partition coefficient (Wildman–Crippen LogP) is 15.8. The van der Waals surface area contributed by atoms with E-state index in [1.807, 2.05) is 0 Å². The Kier molecular flexibility index (Phi) is 7.89. The molecule has 0 N–H and O–H groups in total. The van der Waals surface area contributed by atoms with Gasteiger partial charge in [0.25, 0.3) is 0 Å². The average molecular weight is 724 g/mol. The maximum absolute atomic E-state index is 2.45.